The second-order valence-electron chi connectivity index (χ2n) is 5.80. The zero-order valence-corrected chi connectivity index (χ0v) is 16.2. The first-order valence-corrected chi connectivity index (χ1v) is 8.98. The first-order chi connectivity index (χ1) is 13.8. The van der Waals surface area contributed by atoms with Gasteiger partial charge < -0.3 is 10.1 Å². The lowest BCUT2D eigenvalue weighted by Gasteiger charge is -2.14. The second-order valence-corrected chi connectivity index (χ2v) is 6.66. The molecule has 1 saturated heterocycles. The first kappa shape index (κ1) is 20.2. The average Bonchev–Trinajstić information content (AvgIpc) is 2.66. The van der Waals surface area contributed by atoms with Crippen molar-refractivity contribution in [1.29, 1.82) is 0 Å². The molecule has 3 rings (SSSR count). The average molecular weight is 462 g/mol. The molecule has 2 aromatic carbocycles. The van der Waals surface area contributed by atoms with E-state index in [4.69, 9.17) is 4.74 Å². The van der Waals surface area contributed by atoms with Gasteiger partial charge in [0.2, 0.25) is 0 Å². The van der Waals surface area contributed by atoms with Crippen molar-refractivity contribution in [3.05, 3.63) is 63.9 Å². The number of imide groups is 2. The number of rotatable bonds is 5. The van der Waals surface area contributed by atoms with Crippen molar-refractivity contribution in [2.24, 2.45) is 0 Å². The molecule has 29 heavy (non-hydrogen) atoms. The highest BCUT2D eigenvalue weighted by Crippen LogP contribution is 2.27. The summed E-state index contributed by atoms with van der Waals surface area (Å²) in [5.41, 5.74) is 0.300. The fourth-order valence-corrected chi connectivity index (χ4v) is 2.90. The molecule has 0 aliphatic carbocycles. The van der Waals surface area contributed by atoms with Crippen LogP contribution in [-0.4, -0.2) is 30.4 Å². The van der Waals surface area contributed by atoms with Crippen molar-refractivity contribution in [1.82, 2.24) is 10.6 Å². The van der Waals surface area contributed by atoms with Crippen LogP contribution in [0.25, 0.3) is 6.08 Å². The third-order valence-electron chi connectivity index (χ3n) is 3.72. The number of barbiturate groups is 1. The topological polar surface area (TPSA) is 114 Å². The van der Waals surface area contributed by atoms with E-state index in [-0.39, 0.29) is 17.9 Å². The molecule has 8 nitrogen and oxygen atoms in total. The fourth-order valence-electron chi connectivity index (χ4n) is 2.39. The number of nitrogens with one attached hydrogen (secondary N) is 3. The van der Waals surface area contributed by atoms with E-state index in [0.29, 0.717) is 15.8 Å². The molecule has 1 heterocycles. The lowest BCUT2D eigenvalue weighted by atomic mass is 10.1. The SMILES string of the molecule is O=C(COc1ccc(C=C2C(=O)NC(=O)NC2=O)cc1Br)Nc1ccccc1F. The molecule has 0 aromatic heterocycles. The van der Waals surface area contributed by atoms with E-state index in [2.05, 4.69) is 21.2 Å². The van der Waals surface area contributed by atoms with E-state index >= 15 is 0 Å². The summed E-state index contributed by atoms with van der Waals surface area (Å²) in [7, 11) is 0. The largest absolute Gasteiger partial charge is 0.483 e. The summed E-state index contributed by atoms with van der Waals surface area (Å²) in [5, 5.41) is 6.35. The Labute approximate surface area is 172 Å². The Morgan fingerprint density at radius 3 is 2.45 bits per heavy atom. The van der Waals surface area contributed by atoms with Gasteiger partial charge >= 0.3 is 6.03 Å². The third-order valence-corrected chi connectivity index (χ3v) is 4.34. The molecule has 0 bridgehead atoms. The summed E-state index contributed by atoms with van der Waals surface area (Å²) in [6, 6.07) is 9.51. The molecule has 1 fully saturated rings. The number of hydrogen-bond donors (Lipinski definition) is 3. The second kappa shape index (κ2) is 8.65. The molecule has 1 aliphatic heterocycles. The number of para-hydroxylation sites is 1. The number of carbonyl (C=O) groups excluding carboxylic acids is 4. The smallest absolute Gasteiger partial charge is 0.328 e. The first-order valence-electron chi connectivity index (χ1n) is 8.18. The lowest BCUT2D eigenvalue weighted by Crippen LogP contribution is -2.51. The molecular formula is C19H13BrFN3O5. The van der Waals surface area contributed by atoms with Gasteiger partial charge in [-0.25, -0.2) is 9.18 Å². The van der Waals surface area contributed by atoms with Crippen LogP contribution < -0.4 is 20.7 Å². The Morgan fingerprint density at radius 2 is 1.79 bits per heavy atom. The predicted octanol–water partition coefficient (Wildman–Crippen LogP) is 2.36. The Kier molecular flexibility index (Phi) is 6.03. The maximum atomic E-state index is 13.5. The van der Waals surface area contributed by atoms with Gasteiger partial charge in [-0.2, -0.15) is 0 Å². The van der Waals surface area contributed by atoms with Crippen LogP contribution in [0.3, 0.4) is 0 Å². The number of hydrogen-bond acceptors (Lipinski definition) is 5. The molecule has 0 radical (unpaired) electrons. The molecule has 0 atom stereocenters. The molecule has 5 amide bonds. The van der Waals surface area contributed by atoms with Crippen LogP contribution in [0.15, 0.2) is 52.5 Å². The van der Waals surface area contributed by atoms with E-state index in [9.17, 15) is 23.6 Å². The van der Waals surface area contributed by atoms with Gasteiger partial charge in [-0.15, -0.1) is 0 Å². The fraction of sp³-hybridized carbons (Fsp3) is 0.0526. The number of halogens is 2. The van der Waals surface area contributed by atoms with Crippen LogP contribution in [0, 0.1) is 5.82 Å². The Morgan fingerprint density at radius 1 is 1.10 bits per heavy atom. The van der Waals surface area contributed by atoms with E-state index < -0.39 is 29.6 Å². The number of anilines is 1. The van der Waals surface area contributed by atoms with Crippen LogP contribution in [0.4, 0.5) is 14.9 Å². The van der Waals surface area contributed by atoms with Crippen LogP contribution in [0.1, 0.15) is 5.56 Å². The summed E-state index contributed by atoms with van der Waals surface area (Å²) >= 11 is 3.28. The van der Waals surface area contributed by atoms with Gasteiger partial charge in [0, 0.05) is 0 Å². The monoisotopic (exact) mass is 461 g/mol. The van der Waals surface area contributed by atoms with Gasteiger partial charge in [-0.1, -0.05) is 18.2 Å². The van der Waals surface area contributed by atoms with Gasteiger partial charge in [-0.3, -0.25) is 25.0 Å². The van der Waals surface area contributed by atoms with Crippen molar-refractivity contribution in [2.75, 3.05) is 11.9 Å². The number of ether oxygens (including phenoxy) is 1. The highest BCUT2D eigenvalue weighted by atomic mass is 79.9. The van der Waals surface area contributed by atoms with Crippen molar-refractivity contribution in [2.45, 2.75) is 0 Å². The summed E-state index contributed by atoms with van der Waals surface area (Å²) in [5.74, 6) is -2.39. The minimum Gasteiger partial charge on any atom is -0.483 e. The molecule has 2 aromatic rings. The normalized spacial score (nSPS) is 13.4. The van der Waals surface area contributed by atoms with Crippen LogP contribution >= 0.6 is 15.9 Å². The van der Waals surface area contributed by atoms with Crippen LogP contribution in [0.5, 0.6) is 5.75 Å². The molecule has 3 N–H and O–H groups in total. The summed E-state index contributed by atoms with van der Waals surface area (Å²) in [4.78, 5) is 46.5. The minimum atomic E-state index is -0.879. The van der Waals surface area contributed by atoms with Crippen LogP contribution in [-0.2, 0) is 14.4 Å². The molecule has 0 saturated carbocycles. The zero-order chi connectivity index (χ0) is 21.0. The third kappa shape index (κ3) is 5.05. The quantitative estimate of drug-likeness (QED) is 0.467. The maximum Gasteiger partial charge on any atom is 0.328 e. The number of carbonyl (C=O) groups is 4. The minimum absolute atomic E-state index is 0.0460. The van der Waals surface area contributed by atoms with E-state index in [0.717, 1.165) is 0 Å². The molecular weight excluding hydrogens is 449 g/mol. The highest BCUT2D eigenvalue weighted by molar-refractivity contribution is 9.10. The van der Waals surface area contributed by atoms with Gasteiger partial charge in [0.25, 0.3) is 17.7 Å². The van der Waals surface area contributed by atoms with Gasteiger partial charge in [0.05, 0.1) is 10.2 Å². The van der Waals surface area contributed by atoms with E-state index in [1.165, 1.54) is 30.3 Å². The number of urea groups is 1. The lowest BCUT2D eigenvalue weighted by molar-refractivity contribution is -0.124. The Balaban J connectivity index is 1.65. The Hall–Kier alpha value is -3.53. The van der Waals surface area contributed by atoms with E-state index in [1.807, 2.05) is 10.6 Å². The number of benzene rings is 2. The van der Waals surface area contributed by atoms with Crippen molar-refractivity contribution in [3.8, 4) is 5.75 Å². The van der Waals surface area contributed by atoms with Gasteiger partial charge in [-0.05, 0) is 51.8 Å². The molecule has 1 aliphatic rings. The zero-order valence-electron chi connectivity index (χ0n) is 14.6. The molecule has 10 heteroatoms. The van der Waals surface area contributed by atoms with E-state index in [1.54, 1.807) is 18.2 Å². The highest BCUT2D eigenvalue weighted by Gasteiger charge is 2.27. The molecule has 148 valence electrons. The van der Waals surface area contributed by atoms with Gasteiger partial charge in [0.1, 0.15) is 17.1 Å². The summed E-state index contributed by atoms with van der Waals surface area (Å²) in [6.07, 6.45) is 1.30. The summed E-state index contributed by atoms with van der Waals surface area (Å²) < 4.78 is 19.4. The van der Waals surface area contributed by atoms with Gasteiger partial charge in [0.15, 0.2) is 6.61 Å². The Bertz CT molecular complexity index is 1030. The molecule has 0 unspecified atom stereocenters. The standard InChI is InChI=1S/C19H13BrFN3O5/c20-12-8-10(7-11-17(26)23-19(28)24-18(11)27)5-6-15(12)29-9-16(25)22-14-4-2-1-3-13(14)21/h1-8H,9H2,(H,22,25)(H2,23,24,26,27,28). The van der Waals surface area contributed by atoms with Crippen molar-refractivity contribution >= 4 is 51.4 Å². The summed E-state index contributed by atoms with van der Waals surface area (Å²) in [6.45, 7) is -0.361. The predicted molar refractivity (Wildman–Crippen MR) is 104 cm³/mol. The number of amides is 5. The van der Waals surface area contributed by atoms with Crippen molar-refractivity contribution in [3.63, 3.8) is 0 Å². The molecule has 0 spiro atoms. The maximum absolute atomic E-state index is 13.5. The van der Waals surface area contributed by atoms with Crippen LogP contribution in [0.2, 0.25) is 0 Å². The van der Waals surface area contributed by atoms with Crippen molar-refractivity contribution < 1.29 is 28.3 Å².